The normalized spacial score (nSPS) is 20.8. The van der Waals surface area contributed by atoms with Crippen molar-refractivity contribution in [2.24, 2.45) is 0 Å². The first-order chi connectivity index (χ1) is 7.53. The van der Waals surface area contributed by atoms with Crippen LogP contribution >= 0.6 is 0 Å². The number of aromatic nitrogens is 2. The molecule has 1 N–H and O–H groups in total. The molecular formula is C11H18FN3O. The van der Waals surface area contributed by atoms with Gasteiger partial charge in [0.15, 0.2) is 6.17 Å². The minimum Gasteiger partial charge on any atom is -0.420 e. The summed E-state index contributed by atoms with van der Waals surface area (Å²) in [6.07, 6.45) is 1.90. The van der Waals surface area contributed by atoms with Crippen LogP contribution in [0.2, 0.25) is 0 Å². The molecule has 1 heterocycles. The van der Waals surface area contributed by atoms with Crippen LogP contribution < -0.4 is 5.32 Å². The summed E-state index contributed by atoms with van der Waals surface area (Å²) in [5.74, 6) is 0.610. The Hall–Kier alpha value is -0.970. The van der Waals surface area contributed by atoms with Crippen LogP contribution in [0.3, 0.4) is 0 Å². The molecule has 16 heavy (non-hydrogen) atoms. The fourth-order valence-electron chi connectivity index (χ4n) is 2.09. The minimum atomic E-state index is -1.20. The van der Waals surface area contributed by atoms with Crippen molar-refractivity contribution >= 4 is 0 Å². The highest BCUT2D eigenvalue weighted by molar-refractivity contribution is 5.08. The van der Waals surface area contributed by atoms with Gasteiger partial charge in [-0.3, -0.25) is 0 Å². The van der Waals surface area contributed by atoms with Crippen molar-refractivity contribution in [3.8, 4) is 0 Å². The lowest BCUT2D eigenvalue weighted by atomic mass is 9.76. The Kier molecular flexibility index (Phi) is 2.97. The summed E-state index contributed by atoms with van der Waals surface area (Å²) in [7, 11) is 0. The molecule has 4 nitrogen and oxygen atoms in total. The van der Waals surface area contributed by atoms with Crippen LogP contribution in [0.15, 0.2) is 4.42 Å². The lowest BCUT2D eigenvalue weighted by molar-refractivity contribution is 0.125. The van der Waals surface area contributed by atoms with Gasteiger partial charge in [0, 0.05) is 6.04 Å². The number of hydrogen-bond donors (Lipinski definition) is 1. The van der Waals surface area contributed by atoms with Gasteiger partial charge in [-0.2, -0.15) is 0 Å². The van der Waals surface area contributed by atoms with Crippen LogP contribution in [0.1, 0.15) is 58.0 Å². The molecule has 2 rings (SSSR count). The number of alkyl halides is 1. The van der Waals surface area contributed by atoms with Gasteiger partial charge in [-0.25, -0.2) is 4.39 Å². The predicted molar refractivity (Wildman–Crippen MR) is 57.6 cm³/mol. The fraction of sp³-hybridized carbons (Fsp3) is 0.818. The van der Waals surface area contributed by atoms with Gasteiger partial charge >= 0.3 is 0 Å². The van der Waals surface area contributed by atoms with Crippen molar-refractivity contribution in [2.45, 2.75) is 57.8 Å². The van der Waals surface area contributed by atoms with E-state index >= 15 is 0 Å². The van der Waals surface area contributed by atoms with E-state index < -0.39 is 6.17 Å². The monoisotopic (exact) mass is 227 g/mol. The Balaban J connectivity index is 2.19. The molecule has 0 radical (unpaired) electrons. The van der Waals surface area contributed by atoms with E-state index in [1.807, 2.05) is 0 Å². The molecule has 0 amide bonds. The van der Waals surface area contributed by atoms with Gasteiger partial charge < -0.3 is 9.73 Å². The van der Waals surface area contributed by atoms with E-state index in [4.69, 9.17) is 4.42 Å². The predicted octanol–water partition coefficient (Wildman–Crippen LogP) is 2.48. The standard InChI is InChI=1S/C11H18FN3O/c1-7(2)13-11(5-4-6-11)10-15-14-9(16-10)8(3)12/h7-8,13H,4-6H2,1-3H3. The third-order valence-corrected chi connectivity index (χ3v) is 2.96. The van der Waals surface area contributed by atoms with Gasteiger partial charge in [0.25, 0.3) is 0 Å². The van der Waals surface area contributed by atoms with Gasteiger partial charge in [0.05, 0.1) is 5.54 Å². The van der Waals surface area contributed by atoms with Gasteiger partial charge in [0.2, 0.25) is 11.8 Å². The van der Waals surface area contributed by atoms with E-state index in [9.17, 15) is 4.39 Å². The van der Waals surface area contributed by atoms with Crippen molar-refractivity contribution in [1.29, 1.82) is 0 Å². The summed E-state index contributed by atoms with van der Waals surface area (Å²) in [5, 5.41) is 11.1. The van der Waals surface area contributed by atoms with Crippen LogP contribution in [0, 0.1) is 0 Å². The highest BCUT2D eigenvalue weighted by atomic mass is 19.1. The summed E-state index contributed by atoms with van der Waals surface area (Å²) in [6, 6.07) is 0.346. The highest BCUT2D eigenvalue weighted by Gasteiger charge is 2.44. The van der Waals surface area contributed by atoms with E-state index in [-0.39, 0.29) is 11.4 Å². The maximum Gasteiger partial charge on any atom is 0.250 e. The molecule has 1 aromatic heterocycles. The molecule has 90 valence electrons. The summed E-state index contributed by atoms with van der Waals surface area (Å²) in [5.41, 5.74) is -0.214. The van der Waals surface area contributed by atoms with Gasteiger partial charge in [-0.05, 0) is 40.0 Å². The Morgan fingerprint density at radius 3 is 2.38 bits per heavy atom. The van der Waals surface area contributed by atoms with E-state index in [0.29, 0.717) is 11.9 Å². The SMILES string of the molecule is CC(C)NC1(c2nnc(C(C)F)o2)CCC1. The Morgan fingerprint density at radius 2 is 2.00 bits per heavy atom. The third-order valence-electron chi connectivity index (χ3n) is 2.96. The second-order valence-corrected chi connectivity index (χ2v) is 4.80. The molecule has 1 saturated carbocycles. The second-order valence-electron chi connectivity index (χ2n) is 4.80. The summed E-state index contributed by atoms with van der Waals surface area (Å²) in [6.45, 7) is 5.56. The molecule has 0 spiro atoms. The number of nitrogens with zero attached hydrogens (tertiary/aromatic N) is 2. The van der Waals surface area contributed by atoms with Crippen molar-refractivity contribution in [3.63, 3.8) is 0 Å². The molecule has 0 aliphatic heterocycles. The lowest BCUT2D eigenvalue weighted by Crippen LogP contribution is -2.51. The topological polar surface area (TPSA) is 51.0 Å². The maximum absolute atomic E-state index is 13.0. The summed E-state index contributed by atoms with van der Waals surface area (Å²) >= 11 is 0. The first kappa shape index (κ1) is 11.5. The number of rotatable bonds is 4. The third kappa shape index (κ3) is 1.96. The first-order valence-electron chi connectivity index (χ1n) is 5.79. The molecule has 1 fully saturated rings. The lowest BCUT2D eigenvalue weighted by Gasteiger charge is -2.40. The highest BCUT2D eigenvalue weighted by Crippen LogP contribution is 2.41. The quantitative estimate of drug-likeness (QED) is 0.858. The van der Waals surface area contributed by atoms with Crippen LogP contribution in [-0.2, 0) is 5.54 Å². The van der Waals surface area contributed by atoms with Crippen LogP contribution in [0.25, 0.3) is 0 Å². The van der Waals surface area contributed by atoms with Crippen molar-refractivity contribution in [3.05, 3.63) is 11.8 Å². The maximum atomic E-state index is 13.0. The van der Waals surface area contributed by atoms with E-state index in [1.165, 1.54) is 6.92 Å². The Labute approximate surface area is 94.6 Å². The number of halogens is 1. The molecule has 0 bridgehead atoms. The molecule has 5 heteroatoms. The largest absolute Gasteiger partial charge is 0.420 e. The molecule has 1 atom stereocenters. The van der Waals surface area contributed by atoms with Gasteiger partial charge in [-0.1, -0.05) is 0 Å². The van der Waals surface area contributed by atoms with Crippen LogP contribution in [0.5, 0.6) is 0 Å². The summed E-state index contributed by atoms with van der Waals surface area (Å²) < 4.78 is 18.4. The van der Waals surface area contributed by atoms with Crippen LogP contribution in [0.4, 0.5) is 4.39 Å². The Morgan fingerprint density at radius 1 is 1.31 bits per heavy atom. The fourth-order valence-corrected chi connectivity index (χ4v) is 2.09. The summed E-state index contributed by atoms with van der Waals surface area (Å²) in [4.78, 5) is 0. The smallest absolute Gasteiger partial charge is 0.250 e. The minimum absolute atomic E-state index is 0.0758. The number of nitrogens with one attached hydrogen (secondary N) is 1. The average molecular weight is 227 g/mol. The van der Waals surface area contributed by atoms with Crippen LogP contribution in [-0.4, -0.2) is 16.2 Å². The van der Waals surface area contributed by atoms with Crippen molar-refractivity contribution in [1.82, 2.24) is 15.5 Å². The van der Waals surface area contributed by atoms with E-state index in [1.54, 1.807) is 0 Å². The Bertz CT molecular complexity index is 358. The average Bonchev–Trinajstić information content (AvgIpc) is 2.59. The van der Waals surface area contributed by atoms with E-state index in [0.717, 1.165) is 19.3 Å². The zero-order chi connectivity index (χ0) is 11.8. The van der Waals surface area contributed by atoms with Crippen molar-refractivity contribution < 1.29 is 8.81 Å². The molecular weight excluding hydrogens is 209 g/mol. The first-order valence-corrected chi connectivity index (χ1v) is 5.79. The van der Waals surface area contributed by atoms with Gasteiger partial charge in [0.1, 0.15) is 0 Å². The molecule has 1 aliphatic rings. The second kappa shape index (κ2) is 4.13. The molecule has 1 aromatic rings. The molecule has 0 aromatic carbocycles. The zero-order valence-electron chi connectivity index (χ0n) is 9.96. The molecule has 1 unspecified atom stereocenters. The van der Waals surface area contributed by atoms with Crippen molar-refractivity contribution in [2.75, 3.05) is 0 Å². The number of hydrogen-bond acceptors (Lipinski definition) is 4. The molecule has 1 aliphatic carbocycles. The zero-order valence-corrected chi connectivity index (χ0v) is 9.96. The van der Waals surface area contributed by atoms with Gasteiger partial charge in [-0.15, -0.1) is 10.2 Å². The van der Waals surface area contributed by atoms with E-state index in [2.05, 4.69) is 29.4 Å². The molecule has 0 saturated heterocycles.